The van der Waals surface area contributed by atoms with Crippen molar-refractivity contribution >= 4 is 48.3 Å². The Labute approximate surface area is 302 Å². The van der Waals surface area contributed by atoms with Crippen LogP contribution in [0.25, 0.3) is 24.3 Å². The van der Waals surface area contributed by atoms with E-state index in [1.54, 1.807) is 28.2 Å². The first kappa shape index (κ1) is 34.3. The Morgan fingerprint density at radius 3 is 1.08 bits per heavy atom. The molecule has 0 unspecified atom stereocenters. The smallest absolute Gasteiger partial charge is 0.411 e. The van der Waals surface area contributed by atoms with Crippen molar-refractivity contribution in [2.75, 3.05) is 28.2 Å². The second-order valence-corrected chi connectivity index (χ2v) is 13.2. The van der Waals surface area contributed by atoms with Gasteiger partial charge in [-0.2, -0.15) is 0 Å². The van der Waals surface area contributed by atoms with Gasteiger partial charge in [-0.25, -0.2) is 9.59 Å². The zero-order valence-corrected chi connectivity index (χ0v) is 29.5. The zero-order chi connectivity index (χ0) is 36.6. The minimum atomic E-state index is -1.03. The molecule has 10 nitrogen and oxygen atoms in total. The van der Waals surface area contributed by atoms with Gasteiger partial charge in [-0.15, -0.1) is 0 Å². The molecule has 2 aliphatic carbocycles. The molecule has 4 amide bonds. The molecular weight excluding hydrogens is 656 g/mol. The van der Waals surface area contributed by atoms with Gasteiger partial charge in [-0.05, 0) is 22.3 Å². The lowest BCUT2D eigenvalue weighted by molar-refractivity contribution is -0.123. The Balaban J connectivity index is 0.000000162. The van der Waals surface area contributed by atoms with Gasteiger partial charge in [-0.3, -0.25) is 9.59 Å². The Bertz CT molecular complexity index is 1890. The van der Waals surface area contributed by atoms with Gasteiger partial charge in [0.15, 0.2) is 11.2 Å². The van der Waals surface area contributed by atoms with Crippen molar-refractivity contribution in [1.29, 1.82) is 0 Å². The first-order valence-electron chi connectivity index (χ1n) is 17.2. The maximum Gasteiger partial charge on any atom is 0.411 e. The monoisotopic (exact) mass is 696 g/mol. The molecule has 2 aliphatic heterocycles. The molecule has 0 saturated carbocycles. The number of amides is 4. The molecule has 10 heteroatoms. The molecule has 4 aliphatic rings. The number of hydrogen-bond acceptors (Lipinski definition) is 6. The van der Waals surface area contributed by atoms with Gasteiger partial charge in [0.2, 0.25) is 11.8 Å². The van der Waals surface area contributed by atoms with Crippen LogP contribution >= 0.6 is 0 Å². The SMILES string of the molecule is CNC(=O)C[C@@H]1N(C)C(=O)OC12c1ccccc1C=Cc1ccccc12.CNC(=O)C[C@H]1N(C)C(=O)OC12c1ccccc1C=Cc1ccccc12. The van der Waals surface area contributed by atoms with Crippen molar-refractivity contribution in [3.05, 3.63) is 142 Å². The molecule has 4 aromatic rings. The summed E-state index contributed by atoms with van der Waals surface area (Å²) in [7, 11) is 6.58. The normalized spacial score (nSPS) is 19.5. The number of ether oxygens (including phenoxy) is 2. The summed E-state index contributed by atoms with van der Waals surface area (Å²) >= 11 is 0. The van der Waals surface area contributed by atoms with Crippen LogP contribution in [-0.4, -0.2) is 74.1 Å². The van der Waals surface area contributed by atoms with Crippen LogP contribution in [0, 0.1) is 0 Å². The maximum atomic E-state index is 12.6. The Morgan fingerprint density at radius 1 is 0.538 bits per heavy atom. The Kier molecular flexibility index (Phi) is 8.92. The van der Waals surface area contributed by atoms with E-state index in [1.165, 1.54) is 9.80 Å². The number of carbonyl (C=O) groups is 4. The number of rotatable bonds is 4. The maximum absolute atomic E-state index is 12.6. The van der Waals surface area contributed by atoms with E-state index >= 15 is 0 Å². The molecule has 0 bridgehead atoms. The van der Waals surface area contributed by atoms with Crippen molar-refractivity contribution < 1.29 is 28.7 Å². The summed E-state index contributed by atoms with van der Waals surface area (Å²) in [6.45, 7) is 0. The van der Waals surface area contributed by atoms with E-state index < -0.39 is 35.5 Å². The number of benzene rings is 4. The molecule has 4 aromatic carbocycles. The van der Waals surface area contributed by atoms with Crippen LogP contribution in [0.1, 0.15) is 57.3 Å². The van der Waals surface area contributed by atoms with Crippen LogP contribution in [-0.2, 0) is 30.3 Å². The Morgan fingerprint density at radius 2 is 0.808 bits per heavy atom. The number of likely N-dealkylation sites (N-methyl/N-ethyl adjacent to an activating group) is 2. The lowest BCUT2D eigenvalue weighted by atomic mass is 9.76. The van der Waals surface area contributed by atoms with E-state index in [0.717, 1.165) is 44.5 Å². The molecule has 2 N–H and O–H groups in total. The van der Waals surface area contributed by atoms with Gasteiger partial charge in [0.05, 0.1) is 24.9 Å². The average molecular weight is 697 g/mol. The third-order valence-corrected chi connectivity index (χ3v) is 10.6. The van der Waals surface area contributed by atoms with E-state index in [2.05, 4.69) is 10.6 Å². The number of carbonyl (C=O) groups excluding carboxylic acids is 4. The van der Waals surface area contributed by atoms with Crippen molar-refractivity contribution in [3.63, 3.8) is 0 Å². The second-order valence-electron chi connectivity index (χ2n) is 13.2. The van der Waals surface area contributed by atoms with Gasteiger partial charge in [0, 0.05) is 50.4 Å². The summed E-state index contributed by atoms with van der Waals surface area (Å²) < 4.78 is 12.1. The molecule has 2 atom stereocenters. The highest BCUT2D eigenvalue weighted by Gasteiger charge is 2.58. The number of fused-ring (bicyclic) bond motifs is 8. The van der Waals surface area contributed by atoms with Gasteiger partial charge in [0.1, 0.15) is 0 Å². The van der Waals surface area contributed by atoms with E-state index in [1.807, 2.05) is 121 Å². The molecule has 8 rings (SSSR count). The summed E-state index contributed by atoms with van der Waals surface area (Å²) in [4.78, 5) is 52.8. The molecule has 264 valence electrons. The third kappa shape index (κ3) is 5.42. The van der Waals surface area contributed by atoms with Crippen LogP contribution in [0.4, 0.5) is 9.59 Å². The van der Waals surface area contributed by atoms with Crippen molar-refractivity contribution in [1.82, 2.24) is 20.4 Å². The summed E-state index contributed by atoms with van der Waals surface area (Å²) in [5.74, 6) is -0.265. The van der Waals surface area contributed by atoms with E-state index in [0.29, 0.717) is 0 Å². The molecule has 52 heavy (non-hydrogen) atoms. The second kappa shape index (κ2) is 13.5. The van der Waals surface area contributed by atoms with Crippen LogP contribution in [0.3, 0.4) is 0 Å². The first-order chi connectivity index (χ1) is 25.1. The first-order valence-corrected chi connectivity index (χ1v) is 17.2. The van der Waals surface area contributed by atoms with Gasteiger partial charge >= 0.3 is 12.2 Å². The summed E-state index contributed by atoms with van der Waals surface area (Å²) in [5.41, 5.74) is 5.44. The lowest BCUT2D eigenvalue weighted by Gasteiger charge is -2.36. The summed E-state index contributed by atoms with van der Waals surface area (Å²) in [6.07, 6.45) is 7.59. The third-order valence-electron chi connectivity index (χ3n) is 10.6. The number of nitrogens with one attached hydrogen (secondary N) is 2. The number of nitrogens with zero attached hydrogens (tertiary/aromatic N) is 2. The zero-order valence-electron chi connectivity index (χ0n) is 29.5. The highest BCUT2D eigenvalue weighted by Crippen LogP contribution is 2.51. The minimum absolute atomic E-state index is 0.133. The topological polar surface area (TPSA) is 117 Å². The fraction of sp³-hybridized carbons (Fsp3) is 0.238. The predicted octanol–water partition coefficient (Wildman–Crippen LogP) is 6.00. The molecule has 2 spiro atoms. The van der Waals surface area contributed by atoms with Crippen molar-refractivity contribution in [3.8, 4) is 0 Å². The summed E-state index contributed by atoms with van der Waals surface area (Å²) in [6, 6.07) is 30.6. The molecular formula is C42H40N4O6. The highest BCUT2D eigenvalue weighted by atomic mass is 16.6. The van der Waals surface area contributed by atoms with Gasteiger partial charge in [0.25, 0.3) is 0 Å². The molecule has 0 aromatic heterocycles. The quantitative estimate of drug-likeness (QED) is 0.271. The summed E-state index contributed by atoms with van der Waals surface area (Å²) in [5, 5.41) is 5.33. The van der Waals surface area contributed by atoms with E-state index in [-0.39, 0.29) is 24.7 Å². The van der Waals surface area contributed by atoms with E-state index in [4.69, 9.17) is 9.47 Å². The Hall–Kier alpha value is -6.16. The average Bonchev–Trinajstić information content (AvgIpc) is 3.43. The lowest BCUT2D eigenvalue weighted by Crippen LogP contribution is -2.46. The molecule has 2 heterocycles. The molecule has 0 radical (unpaired) electrons. The molecule has 2 fully saturated rings. The van der Waals surface area contributed by atoms with Gasteiger partial charge in [-0.1, -0.05) is 121 Å². The standard InChI is InChI=1S/2C21H20N2O3/c2*1-22-19(24)13-18-21(26-20(25)23(18)2)16-9-5-3-7-14(16)11-12-15-8-4-6-10-17(15)21/h2*3-12,18H,13H2,1-2H3,(H,22,24)/t2*18-/m10/s1. The predicted molar refractivity (Wildman–Crippen MR) is 199 cm³/mol. The van der Waals surface area contributed by atoms with Crippen LogP contribution < -0.4 is 10.6 Å². The molecule has 2 saturated heterocycles. The van der Waals surface area contributed by atoms with Gasteiger partial charge < -0.3 is 29.9 Å². The van der Waals surface area contributed by atoms with E-state index in [9.17, 15) is 19.2 Å². The highest BCUT2D eigenvalue weighted by molar-refractivity contribution is 5.85. The van der Waals surface area contributed by atoms with Crippen LogP contribution in [0.2, 0.25) is 0 Å². The van der Waals surface area contributed by atoms with Crippen molar-refractivity contribution in [2.24, 2.45) is 0 Å². The number of hydrogen-bond donors (Lipinski definition) is 2. The fourth-order valence-corrected chi connectivity index (χ4v) is 7.98. The fourth-order valence-electron chi connectivity index (χ4n) is 7.98. The van der Waals surface area contributed by atoms with Crippen LogP contribution in [0.5, 0.6) is 0 Å². The largest absolute Gasteiger partial charge is 0.431 e. The minimum Gasteiger partial charge on any atom is -0.431 e. The van der Waals surface area contributed by atoms with Crippen LogP contribution in [0.15, 0.2) is 97.1 Å². The van der Waals surface area contributed by atoms with Crippen molar-refractivity contribution in [2.45, 2.75) is 36.1 Å².